The summed E-state index contributed by atoms with van der Waals surface area (Å²) in [6.07, 6.45) is 0. The molecule has 11 aromatic rings. The number of fused-ring (bicyclic) bond motifs is 12. The lowest BCUT2D eigenvalue weighted by atomic mass is 9.64. The van der Waals surface area contributed by atoms with Gasteiger partial charge in [0.2, 0.25) is 0 Å². The molecule has 1 heterocycles. The average molecular weight is 919 g/mol. The van der Waals surface area contributed by atoms with E-state index in [1.54, 1.807) is 0 Å². The highest BCUT2D eigenvalue weighted by Gasteiger charge is 2.52. The van der Waals surface area contributed by atoms with Gasteiger partial charge in [0.1, 0.15) is 0 Å². The quantitative estimate of drug-likeness (QED) is 0.157. The Hall–Kier alpha value is -8.98. The molecule has 11 aromatic carbocycles. The van der Waals surface area contributed by atoms with E-state index in [9.17, 15) is 0 Å². The van der Waals surface area contributed by atoms with E-state index in [2.05, 4.69) is 291 Å². The molecule has 0 saturated carbocycles. The minimum atomic E-state index is -0.577. The van der Waals surface area contributed by atoms with Gasteiger partial charge in [0.15, 0.2) is 0 Å². The van der Waals surface area contributed by atoms with Gasteiger partial charge in [-0.05, 0) is 144 Å². The molecule has 3 aliphatic rings. The van der Waals surface area contributed by atoms with Gasteiger partial charge in [0.25, 0.3) is 0 Å². The van der Waals surface area contributed by atoms with E-state index in [1.165, 1.54) is 100 Å². The Labute approximate surface area is 422 Å². The third kappa shape index (κ3) is 6.22. The van der Waals surface area contributed by atoms with E-state index in [-0.39, 0.29) is 5.41 Å². The van der Waals surface area contributed by atoms with E-state index in [0.717, 1.165) is 22.7 Å². The maximum atomic E-state index is 2.49. The van der Waals surface area contributed by atoms with Gasteiger partial charge in [0.05, 0.1) is 22.5 Å². The third-order valence-corrected chi connectivity index (χ3v) is 15.9. The van der Waals surface area contributed by atoms with Crippen molar-refractivity contribution in [3.05, 3.63) is 300 Å². The molecule has 340 valence electrons. The summed E-state index contributed by atoms with van der Waals surface area (Å²) >= 11 is 0. The molecular weight excluding hydrogens is 869 g/mol. The van der Waals surface area contributed by atoms with Crippen molar-refractivity contribution in [2.24, 2.45) is 0 Å². The molecule has 2 heteroatoms. The molecule has 0 radical (unpaired) electrons. The standard InChI is InChI=1S/C70H50N2/c1-69(2)59-24-11-9-22-56(59)57-45-40-52(46-64(57)69)51-38-43-55(44-39-51)71(54-41-36-50(37-42-54)49-34-32-48(33-35-49)47-18-5-3-6-19-47)67-31-17-28-63-68(67)58-23-10-12-25-60(58)70(63)61-26-13-15-29-65(61)72(53-20-7-4-8-21-53)66-30-16-14-27-62(66)70/h3-46H,1-2H3. The van der Waals surface area contributed by atoms with Gasteiger partial charge in [0, 0.05) is 28.0 Å². The van der Waals surface area contributed by atoms with Gasteiger partial charge in [-0.2, -0.15) is 0 Å². The van der Waals surface area contributed by atoms with Crippen molar-refractivity contribution in [3.63, 3.8) is 0 Å². The molecule has 0 aromatic heterocycles. The van der Waals surface area contributed by atoms with Gasteiger partial charge < -0.3 is 9.80 Å². The zero-order valence-corrected chi connectivity index (χ0v) is 40.3. The molecule has 0 N–H and O–H groups in total. The van der Waals surface area contributed by atoms with Crippen LogP contribution in [-0.4, -0.2) is 0 Å². The first-order valence-corrected chi connectivity index (χ1v) is 25.2. The van der Waals surface area contributed by atoms with E-state index in [4.69, 9.17) is 0 Å². The Morgan fingerprint density at radius 2 is 0.736 bits per heavy atom. The van der Waals surface area contributed by atoms with Crippen molar-refractivity contribution in [1.82, 2.24) is 0 Å². The van der Waals surface area contributed by atoms with Crippen LogP contribution in [0.15, 0.2) is 267 Å². The Morgan fingerprint density at radius 1 is 0.306 bits per heavy atom. The lowest BCUT2D eigenvalue weighted by Gasteiger charge is -2.45. The van der Waals surface area contributed by atoms with Gasteiger partial charge >= 0.3 is 0 Å². The lowest BCUT2D eigenvalue weighted by Crippen LogP contribution is -2.36. The molecule has 0 unspecified atom stereocenters. The van der Waals surface area contributed by atoms with Crippen LogP contribution in [0.25, 0.3) is 55.6 Å². The smallest absolute Gasteiger partial charge is 0.0755 e. The van der Waals surface area contributed by atoms with Crippen LogP contribution in [0.5, 0.6) is 0 Å². The second kappa shape index (κ2) is 16.3. The van der Waals surface area contributed by atoms with E-state index < -0.39 is 5.41 Å². The molecule has 14 rings (SSSR count). The molecule has 1 aliphatic heterocycles. The largest absolute Gasteiger partial charge is 0.310 e. The van der Waals surface area contributed by atoms with Crippen LogP contribution < -0.4 is 9.80 Å². The van der Waals surface area contributed by atoms with Crippen molar-refractivity contribution >= 4 is 34.1 Å². The van der Waals surface area contributed by atoms with Crippen LogP contribution >= 0.6 is 0 Å². The first-order chi connectivity index (χ1) is 35.5. The van der Waals surface area contributed by atoms with Crippen LogP contribution in [0.4, 0.5) is 34.1 Å². The fourth-order valence-electron chi connectivity index (χ4n) is 12.6. The average Bonchev–Trinajstić information content (AvgIpc) is 3.87. The Balaban J connectivity index is 0.940. The Morgan fingerprint density at radius 3 is 1.35 bits per heavy atom. The maximum absolute atomic E-state index is 2.49. The molecule has 0 bridgehead atoms. The highest BCUT2D eigenvalue weighted by molar-refractivity contribution is 6.01. The van der Waals surface area contributed by atoms with Gasteiger partial charge in [-0.25, -0.2) is 0 Å². The van der Waals surface area contributed by atoms with Gasteiger partial charge in [-0.15, -0.1) is 0 Å². The first kappa shape index (κ1) is 41.9. The van der Waals surface area contributed by atoms with Crippen molar-refractivity contribution in [1.29, 1.82) is 0 Å². The number of hydrogen-bond acceptors (Lipinski definition) is 2. The van der Waals surface area contributed by atoms with Crippen LogP contribution in [0.3, 0.4) is 0 Å². The summed E-state index contributed by atoms with van der Waals surface area (Å²) in [5.74, 6) is 0. The number of rotatable bonds is 7. The second-order valence-corrected chi connectivity index (χ2v) is 20.0. The Bertz CT molecular complexity index is 3820. The number of hydrogen-bond donors (Lipinski definition) is 0. The van der Waals surface area contributed by atoms with Crippen molar-refractivity contribution in [3.8, 4) is 55.6 Å². The first-order valence-electron chi connectivity index (χ1n) is 25.2. The second-order valence-electron chi connectivity index (χ2n) is 20.0. The predicted octanol–water partition coefficient (Wildman–Crippen LogP) is 18.6. The summed E-state index contributed by atoms with van der Waals surface area (Å²) in [5.41, 5.74) is 26.5. The minimum Gasteiger partial charge on any atom is -0.310 e. The maximum Gasteiger partial charge on any atom is 0.0755 e. The third-order valence-electron chi connectivity index (χ3n) is 15.9. The zero-order chi connectivity index (χ0) is 48.0. The topological polar surface area (TPSA) is 6.48 Å². The molecule has 1 spiro atoms. The van der Waals surface area contributed by atoms with E-state index >= 15 is 0 Å². The summed E-state index contributed by atoms with van der Waals surface area (Å²) < 4.78 is 0. The van der Waals surface area contributed by atoms with E-state index in [1.807, 2.05) is 0 Å². The normalized spacial score (nSPS) is 13.9. The fraction of sp³-hybridized carbons (Fsp3) is 0.0571. The van der Waals surface area contributed by atoms with Gasteiger partial charge in [-0.1, -0.05) is 220 Å². The lowest BCUT2D eigenvalue weighted by molar-refractivity contribution is 0.660. The number of nitrogens with zero attached hydrogens (tertiary/aromatic N) is 2. The van der Waals surface area contributed by atoms with E-state index in [0.29, 0.717) is 0 Å². The summed E-state index contributed by atoms with van der Waals surface area (Å²) in [5, 5.41) is 0. The SMILES string of the molecule is CC1(C)c2ccccc2-c2ccc(-c3ccc(N(c4ccc(-c5ccc(-c6ccccc6)cc5)cc4)c4cccc5c4-c4ccccc4C54c5ccccc5N(c5ccccc5)c5ccccc54)cc3)cc21. The molecular formula is C70H50N2. The van der Waals surface area contributed by atoms with Crippen LogP contribution in [0.2, 0.25) is 0 Å². The van der Waals surface area contributed by atoms with Crippen LogP contribution in [0.1, 0.15) is 47.2 Å². The molecule has 2 nitrogen and oxygen atoms in total. The summed E-state index contributed by atoms with van der Waals surface area (Å²) in [7, 11) is 0. The summed E-state index contributed by atoms with van der Waals surface area (Å²) in [6, 6.07) is 99.0. The van der Waals surface area contributed by atoms with Crippen molar-refractivity contribution in [2.75, 3.05) is 9.80 Å². The number of benzene rings is 11. The number of para-hydroxylation sites is 3. The van der Waals surface area contributed by atoms with Crippen LogP contribution in [-0.2, 0) is 10.8 Å². The van der Waals surface area contributed by atoms with Crippen molar-refractivity contribution < 1.29 is 0 Å². The van der Waals surface area contributed by atoms with Gasteiger partial charge in [-0.3, -0.25) is 0 Å². The monoisotopic (exact) mass is 918 g/mol. The predicted molar refractivity (Wildman–Crippen MR) is 301 cm³/mol. The van der Waals surface area contributed by atoms with Crippen molar-refractivity contribution in [2.45, 2.75) is 24.7 Å². The molecule has 0 fully saturated rings. The number of anilines is 6. The molecule has 0 atom stereocenters. The Kier molecular flexibility index (Phi) is 9.50. The highest BCUT2D eigenvalue weighted by atomic mass is 15.2. The van der Waals surface area contributed by atoms with Crippen LogP contribution in [0, 0.1) is 0 Å². The molecule has 0 amide bonds. The fourth-order valence-corrected chi connectivity index (χ4v) is 12.6. The highest BCUT2D eigenvalue weighted by Crippen LogP contribution is 2.65. The zero-order valence-electron chi connectivity index (χ0n) is 40.3. The summed E-state index contributed by atoms with van der Waals surface area (Å²) in [4.78, 5) is 4.94. The molecule has 0 saturated heterocycles. The minimum absolute atomic E-state index is 0.0741. The molecule has 72 heavy (non-hydrogen) atoms. The molecule has 2 aliphatic carbocycles. The summed E-state index contributed by atoms with van der Waals surface area (Å²) in [6.45, 7) is 4.72.